The van der Waals surface area contributed by atoms with Gasteiger partial charge in [0.05, 0.1) is 16.6 Å². The lowest BCUT2D eigenvalue weighted by Crippen LogP contribution is -2.06. The summed E-state index contributed by atoms with van der Waals surface area (Å²) in [5, 5.41) is 19.9. The highest BCUT2D eigenvalue weighted by Gasteiger charge is 2.15. The normalized spacial score (nSPS) is 11.4. The number of carboxylic acid groups (broad SMARTS) is 2. The summed E-state index contributed by atoms with van der Waals surface area (Å²) >= 11 is 0. The predicted octanol–water partition coefficient (Wildman–Crippen LogP) is 7.81. The van der Waals surface area contributed by atoms with E-state index in [2.05, 4.69) is 9.97 Å². The molecular weight excluding hydrogens is 580 g/mol. The van der Waals surface area contributed by atoms with E-state index < -0.39 is 11.9 Å². The van der Waals surface area contributed by atoms with Crippen molar-refractivity contribution in [1.29, 1.82) is 0 Å². The summed E-state index contributed by atoms with van der Waals surface area (Å²) < 4.78 is 0. The molecule has 222 valence electrons. The number of nitrogens with zero attached hydrogens (tertiary/aromatic N) is 2. The van der Waals surface area contributed by atoms with Crippen LogP contribution in [0.4, 0.5) is 0 Å². The van der Waals surface area contributed by atoms with Crippen LogP contribution in [-0.4, -0.2) is 44.7 Å². The van der Waals surface area contributed by atoms with Gasteiger partial charge in [0, 0.05) is 16.3 Å². The minimum absolute atomic E-state index is 0.113. The van der Waals surface area contributed by atoms with Crippen molar-refractivity contribution in [3.63, 3.8) is 0 Å². The van der Waals surface area contributed by atoms with Gasteiger partial charge in [0.2, 0.25) is 0 Å². The third-order valence-corrected chi connectivity index (χ3v) is 7.51. The highest BCUT2D eigenvalue weighted by atomic mass is 16.4. The number of carbonyl (C=O) groups excluding carboxylic acids is 2. The number of carboxylic acids is 2. The Bertz CT molecular complexity index is 2230. The maximum absolute atomic E-state index is 11.8. The van der Waals surface area contributed by atoms with Gasteiger partial charge in [0.25, 0.3) is 0 Å². The molecule has 46 heavy (non-hydrogen) atoms. The molecular formula is C38H24N2O6. The van der Waals surface area contributed by atoms with Crippen LogP contribution in [0.1, 0.15) is 63.9 Å². The summed E-state index contributed by atoms with van der Waals surface area (Å²) in [6.07, 6.45) is 9.08. The second-order valence-electron chi connectivity index (χ2n) is 10.5. The Labute approximate surface area is 262 Å². The third kappa shape index (κ3) is 6.22. The van der Waals surface area contributed by atoms with Crippen molar-refractivity contribution in [3.8, 4) is 11.1 Å². The highest BCUT2D eigenvalue weighted by molar-refractivity contribution is 6.05. The van der Waals surface area contributed by atoms with E-state index in [1.807, 2.05) is 85.0 Å². The standard InChI is InChI=1S/C38H24N2O6/c41-21-29-19-30(22-42)39-34-15-9-25(17-31(29)34)3-1-23-5-11-27(12-6-23)28-13-7-24(8-14-28)2-4-26-10-16-35-32(18-26)33(37(43)44)20-36(40-35)38(45)46/h1-22H,(H,43,44)(H,45,46)/b3-1+,4-2+. The molecule has 0 fully saturated rings. The van der Waals surface area contributed by atoms with Crippen LogP contribution in [-0.2, 0) is 0 Å². The van der Waals surface area contributed by atoms with Crippen LogP contribution >= 0.6 is 0 Å². The van der Waals surface area contributed by atoms with Gasteiger partial charge < -0.3 is 10.2 Å². The lowest BCUT2D eigenvalue weighted by Gasteiger charge is -2.06. The average molecular weight is 605 g/mol. The SMILES string of the molecule is O=Cc1cc(C=O)c2cc(/C=C/c3ccc(-c4ccc(/C=C/c5ccc6nc(C(=O)O)cc(C(=O)O)c6c5)cc4)cc3)ccc2n1. The van der Waals surface area contributed by atoms with E-state index in [0.717, 1.165) is 45.7 Å². The molecule has 0 amide bonds. The fourth-order valence-electron chi connectivity index (χ4n) is 5.14. The molecule has 0 radical (unpaired) electrons. The summed E-state index contributed by atoms with van der Waals surface area (Å²) in [4.78, 5) is 54.0. The number of fused-ring (bicyclic) bond motifs is 2. The Morgan fingerprint density at radius 2 is 1.02 bits per heavy atom. The van der Waals surface area contributed by atoms with Crippen LogP contribution < -0.4 is 0 Å². The smallest absolute Gasteiger partial charge is 0.354 e. The van der Waals surface area contributed by atoms with Crippen LogP contribution in [0.5, 0.6) is 0 Å². The number of aromatic nitrogens is 2. The first-order valence-corrected chi connectivity index (χ1v) is 14.1. The minimum atomic E-state index is -1.28. The molecule has 0 unspecified atom stereocenters. The molecule has 0 aliphatic carbocycles. The van der Waals surface area contributed by atoms with Gasteiger partial charge in [-0.1, -0.05) is 85.0 Å². The zero-order valence-electron chi connectivity index (χ0n) is 24.1. The van der Waals surface area contributed by atoms with E-state index in [4.69, 9.17) is 0 Å². The number of aromatic carboxylic acids is 2. The molecule has 6 rings (SSSR count). The molecule has 0 aliphatic rings. The van der Waals surface area contributed by atoms with Crippen LogP contribution in [0, 0.1) is 0 Å². The van der Waals surface area contributed by atoms with E-state index in [9.17, 15) is 29.4 Å². The minimum Gasteiger partial charge on any atom is -0.478 e. The molecule has 8 heteroatoms. The van der Waals surface area contributed by atoms with E-state index in [1.165, 1.54) is 6.07 Å². The molecule has 2 aromatic heterocycles. The largest absolute Gasteiger partial charge is 0.478 e. The summed E-state index contributed by atoms with van der Waals surface area (Å²) in [7, 11) is 0. The van der Waals surface area contributed by atoms with Crippen molar-refractivity contribution < 1.29 is 29.4 Å². The van der Waals surface area contributed by atoms with Gasteiger partial charge in [-0.25, -0.2) is 19.6 Å². The topological polar surface area (TPSA) is 135 Å². The molecule has 2 heterocycles. The molecule has 2 N–H and O–H groups in total. The van der Waals surface area contributed by atoms with Crippen molar-refractivity contribution in [2.75, 3.05) is 0 Å². The molecule has 0 spiro atoms. The lowest BCUT2D eigenvalue weighted by atomic mass is 10.0. The number of carbonyl (C=O) groups is 4. The first kappa shape index (κ1) is 29.5. The Hall–Kier alpha value is -6.54. The maximum Gasteiger partial charge on any atom is 0.354 e. The van der Waals surface area contributed by atoms with Crippen molar-refractivity contribution >= 4 is 70.6 Å². The number of benzene rings is 4. The Kier molecular flexibility index (Phi) is 8.08. The van der Waals surface area contributed by atoms with Crippen LogP contribution in [0.3, 0.4) is 0 Å². The first-order valence-electron chi connectivity index (χ1n) is 14.1. The molecule has 0 saturated carbocycles. The third-order valence-electron chi connectivity index (χ3n) is 7.51. The average Bonchev–Trinajstić information content (AvgIpc) is 3.09. The molecule has 8 nitrogen and oxygen atoms in total. The fourth-order valence-corrected chi connectivity index (χ4v) is 5.14. The Morgan fingerprint density at radius 3 is 1.52 bits per heavy atom. The van der Waals surface area contributed by atoms with Gasteiger partial charge >= 0.3 is 11.9 Å². The highest BCUT2D eigenvalue weighted by Crippen LogP contribution is 2.25. The van der Waals surface area contributed by atoms with Crippen molar-refractivity contribution in [2.24, 2.45) is 0 Å². The van der Waals surface area contributed by atoms with Gasteiger partial charge in [0.1, 0.15) is 11.4 Å². The number of rotatable bonds is 9. The van der Waals surface area contributed by atoms with Gasteiger partial charge in [0.15, 0.2) is 12.6 Å². The van der Waals surface area contributed by atoms with Gasteiger partial charge in [-0.15, -0.1) is 0 Å². The molecule has 4 aromatic carbocycles. The number of pyridine rings is 2. The van der Waals surface area contributed by atoms with Crippen molar-refractivity contribution in [3.05, 3.63) is 142 Å². The second kappa shape index (κ2) is 12.6. The zero-order valence-corrected chi connectivity index (χ0v) is 24.1. The van der Waals surface area contributed by atoms with Crippen LogP contribution in [0.25, 0.3) is 57.2 Å². The summed E-state index contributed by atoms with van der Waals surface area (Å²) in [6, 6.07) is 29.3. The second-order valence-corrected chi connectivity index (χ2v) is 10.5. The number of hydrogen-bond acceptors (Lipinski definition) is 6. The maximum atomic E-state index is 11.8. The summed E-state index contributed by atoms with van der Waals surface area (Å²) in [6.45, 7) is 0. The molecule has 6 aromatic rings. The number of hydrogen-bond donors (Lipinski definition) is 2. The van der Waals surface area contributed by atoms with E-state index in [0.29, 0.717) is 33.7 Å². The van der Waals surface area contributed by atoms with Gasteiger partial charge in [-0.2, -0.15) is 0 Å². The van der Waals surface area contributed by atoms with Gasteiger partial charge in [-0.05, 0) is 69.8 Å². The Balaban J connectivity index is 1.16. The first-order chi connectivity index (χ1) is 22.3. The van der Waals surface area contributed by atoms with Crippen molar-refractivity contribution in [2.45, 2.75) is 0 Å². The van der Waals surface area contributed by atoms with E-state index >= 15 is 0 Å². The van der Waals surface area contributed by atoms with Crippen LogP contribution in [0.15, 0.2) is 97.1 Å². The summed E-state index contributed by atoms with van der Waals surface area (Å²) in [5.74, 6) is -2.50. The molecule has 0 atom stereocenters. The predicted molar refractivity (Wildman–Crippen MR) is 178 cm³/mol. The zero-order chi connectivity index (χ0) is 32.2. The fraction of sp³-hybridized carbons (Fsp3) is 0. The molecule has 0 aliphatic heterocycles. The Morgan fingerprint density at radius 1 is 0.522 bits per heavy atom. The lowest BCUT2D eigenvalue weighted by molar-refractivity contribution is 0.0690. The van der Waals surface area contributed by atoms with Crippen molar-refractivity contribution in [1.82, 2.24) is 9.97 Å². The number of aldehydes is 2. The molecule has 0 bridgehead atoms. The monoisotopic (exact) mass is 604 g/mol. The van der Waals surface area contributed by atoms with Crippen LogP contribution in [0.2, 0.25) is 0 Å². The van der Waals surface area contributed by atoms with Gasteiger partial charge in [-0.3, -0.25) is 9.59 Å². The molecule has 0 saturated heterocycles. The quantitative estimate of drug-likeness (QED) is 0.126. The van der Waals surface area contributed by atoms with E-state index in [-0.39, 0.29) is 17.0 Å². The van der Waals surface area contributed by atoms with E-state index in [1.54, 1.807) is 24.3 Å². The summed E-state index contributed by atoms with van der Waals surface area (Å²) in [5.41, 5.74) is 6.81.